The molecule has 3 rings (SSSR count). The van der Waals surface area contributed by atoms with Crippen molar-refractivity contribution in [2.75, 3.05) is 12.0 Å². The van der Waals surface area contributed by atoms with E-state index in [1.165, 1.54) is 13.0 Å². The molecule has 0 aliphatic carbocycles. The number of carbonyl (C=O) groups excluding carboxylic acids is 2. The minimum Gasteiger partial charge on any atom is -0.497 e. The first-order chi connectivity index (χ1) is 15.5. The number of methoxy groups -OCH3 is 1. The largest absolute Gasteiger partial charge is 0.497 e. The molecule has 0 fully saturated rings. The van der Waals surface area contributed by atoms with Crippen LogP contribution in [-0.2, 0) is 32.6 Å². The van der Waals surface area contributed by atoms with Gasteiger partial charge in [0.25, 0.3) is 0 Å². The first-order valence-corrected chi connectivity index (χ1v) is 12.4. The van der Waals surface area contributed by atoms with Crippen molar-refractivity contribution in [3.8, 4) is 5.75 Å². The maximum atomic E-state index is 13.1. The lowest BCUT2D eigenvalue weighted by Crippen LogP contribution is -2.49. The molecule has 0 radical (unpaired) electrons. The standard InChI is InChI=1S/C24H31N3O5S/c1-15(2)23(24(29)25-14-18-6-8-20(32-5)9-7-18)26-33(30,31)21-10-11-22-19(13-21)12-16(3)27(22)17(4)28/h6-11,13,15-16,23,26H,12,14H2,1-5H3,(H,25,29)/t16-,23+/m0/s1. The van der Waals surface area contributed by atoms with Crippen molar-refractivity contribution in [1.29, 1.82) is 0 Å². The second-order valence-electron chi connectivity index (χ2n) is 8.64. The summed E-state index contributed by atoms with van der Waals surface area (Å²) in [6.07, 6.45) is 0.578. The maximum absolute atomic E-state index is 13.1. The van der Waals surface area contributed by atoms with Crippen molar-refractivity contribution in [2.24, 2.45) is 5.92 Å². The SMILES string of the molecule is COc1ccc(CNC(=O)[C@H](NS(=O)(=O)c2ccc3c(c2)C[C@H](C)N3C(C)=O)C(C)C)cc1. The zero-order valence-corrected chi connectivity index (χ0v) is 20.4. The van der Waals surface area contributed by atoms with E-state index >= 15 is 0 Å². The molecule has 1 aliphatic rings. The van der Waals surface area contributed by atoms with E-state index in [9.17, 15) is 18.0 Å². The highest BCUT2D eigenvalue weighted by atomic mass is 32.2. The average molecular weight is 474 g/mol. The number of rotatable bonds is 8. The highest BCUT2D eigenvalue weighted by Gasteiger charge is 2.32. The Labute approximate surface area is 195 Å². The number of hydrogen-bond donors (Lipinski definition) is 2. The van der Waals surface area contributed by atoms with Gasteiger partial charge in [-0.2, -0.15) is 4.72 Å². The Morgan fingerprint density at radius 1 is 1.15 bits per heavy atom. The minimum atomic E-state index is -3.95. The average Bonchev–Trinajstić information content (AvgIpc) is 3.11. The van der Waals surface area contributed by atoms with Gasteiger partial charge in [0.15, 0.2) is 0 Å². The van der Waals surface area contributed by atoms with Crippen LogP contribution in [0.2, 0.25) is 0 Å². The monoisotopic (exact) mass is 473 g/mol. The second-order valence-corrected chi connectivity index (χ2v) is 10.4. The van der Waals surface area contributed by atoms with Crippen LogP contribution >= 0.6 is 0 Å². The molecule has 2 aromatic carbocycles. The van der Waals surface area contributed by atoms with Gasteiger partial charge in [-0.15, -0.1) is 0 Å². The Morgan fingerprint density at radius 2 is 1.82 bits per heavy atom. The van der Waals surface area contributed by atoms with Crippen molar-refractivity contribution in [2.45, 2.75) is 57.6 Å². The molecule has 178 valence electrons. The van der Waals surface area contributed by atoms with Crippen molar-refractivity contribution < 1.29 is 22.7 Å². The molecule has 1 aliphatic heterocycles. The molecule has 2 aromatic rings. The van der Waals surface area contributed by atoms with E-state index in [0.717, 1.165) is 16.8 Å². The number of anilines is 1. The van der Waals surface area contributed by atoms with Gasteiger partial charge in [0, 0.05) is 25.2 Å². The second kappa shape index (κ2) is 9.93. The fraction of sp³-hybridized carbons (Fsp3) is 0.417. The Balaban J connectivity index is 1.73. The lowest BCUT2D eigenvalue weighted by atomic mass is 10.0. The molecule has 33 heavy (non-hydrogen) atoms. The molecule has 8 nitrogen and oxygen atoms in total. The highest BCUT2D eigenvalue weighted by Crippen LogP contribution is 2.34. The molecular weight excluding hydrogens is 442 g/mol. The Morgan fingerprint density at radius 3 is 2.39 bits per heavy atom. The zero-order chi connectivity index (χ0) is 24.3. The van der Waals surface area contributed by atoms with Gasteiger partial charge >= 0.3 is 0 Å². The van der Waals surface area contributed by atoms with Gasteiger partial charge in [-0.1, -0.05) is 26.0 Å². The summed E-state index contributed by atoms with van der Waals surface area (Å²) >= 11 is 0. The predicted octanol–water partition coefficient (Wildman–Crippen LogP) is 2.61. The van der Waals surface area contributed by atoms with Crippen molar-refractivity contribution in [3.63, 3.8) is 0 Å². The van der Waals surface area contributed by atoms with Crippen LogP contribution < -0.4 is 19.7 Å². The Hall–Kier alpha value is -2.91. The topological polar surface area (TPSA) is 105 Å². The van der Waals surface area contributed by atoms with Crippen molar-refractivity contribution >= 4 is 27.5 Å². The van der Waals surface area contributed by atoms with E-state index in [2.05, 4.69) is 10.0 Å². The number of fused-ring (bicyclic) bond motifs is 1. The van der Waals surface area contributed by atoms with E-state index in [-0.39, 0.29) is 29.3 Å². The molecular formula is C24H31N3O5S. The number of benzene rings is 2. The number of ether oxygens (including phenoxy) is 1. The van der Waals surface area contributed by atoms with Crippen LogP contribution in [0.25, 0.3) is 0 Å². The smallest absolute Gasteiger partial charge is 0.241 e. The van der Waals surface area contributed by atoms with Gasteiger partial charge in [-0.3, -0.25) is 9.59 Å². The number of sulfonamides is 1. The van der Waals surface area contributed by atoms with Gasteiger partial charge in [0.1, 0.15) is 11.8 Å². The molecule has 9 heteroatoms. The molecule has 0 aromatic heterocycles. The van der Waals surface area contributed by atoms with Gasteiger partial charge in [-0.25, -0.2) is 8.42 Å². The van der Waals surface area contributed by atoms with E-state index < -0.39 is 22.0 Å². The quantitative estimate of drug-likeness (QED) is 0.613. The van der Waals surface area contributed by atoms with Gasteiger partial charge in [-0.05, 0) is 60.7 Å². The molecule has 0 saturated heterocycles. The van der Waals surface area contributed by atoms with Gasteiger partial charge in [0.2, 0.25) is 21.8 Å². The van der Waals surface area contributed by atoms with E-state index in [4.69, 9.17) is 4.74 Å². The van der Waals surface area contributed by atoms with Crippen LogP contribution in [0.3, 0.4) is 0 Å². The lowest BCUT2D eigenvalue weighted by molar-refractivity contribution is -0.123. The van der Waals surface area contributed by atoms with Crippen LogP contribution in [0.5, 0.6) is 5.75 Å². The first kappa shape index (κ1) is 24.7. The number of amides is 2. The third-order valence-electron chi connectivity index (χ3n) is 5.77. The summed E-state index contributed by atoms with van der Waals surface area (Å²) in [7, 11) is -2.37. The lowest BCUT2D eigenvalue weighted by Gasteiger charge is -2.22. The Bertz CT molecular complexity index is 1130. The zero-order valence-electron chi connectivity index (χ0n) is 19.6. The van der Waals surface area contributed by atoms with E-state index in [0.29, 0.717) is 12.2 Å². The first-order valence-electron chi connectivity index (χ1n) is 10.9. The van der Waals surface area contributed by atoms with Gasteiger partial charge < -0.3 is 15.0 Å². The molecule has 0 unspecified atom stereocenters. The summed E-state index contributed by atoms with van der Waals surface area (Å²) in [4.78, 5) is 26.5. The van der Waals surface area contributed by atoms with Crippen LogP contribution in [0.15, 0.2) is 47.4 Å². The van der Waals surface area contributed by atoms with Crippen LogP contribution in [0, 0.1) is 5.92 Å². The van der Waals surface area contributed by atoms with Crippen LogP contribution in [0.1, 0.15) is 38.8 Å². The normalized spacial score (nSPS) is 16.4. The van der Waals surface area contributed by atoms with E-state index in [1.54, 1.807) is 50.1 Å². The van der Waals surface area contributed by atoms with Gasteiger partial charge in [0.05, 0.1) is 12.0 Å². The molecule has 0 saturated carbocycles. The molecule has 2 atom stereocenters. The van der Waals surface area contributed by atoms with E-state index in [1.807, 2.05) is 19.1 Å². The molecule has 0 spiro atoms. The minimum absolute atomic E-state index is 0.0319. The summed E-state index contributed by atoms with van der Waals surface area (Å²) in [5.74, 6) is -0.0309. The number of nitrogens with one attached hydrogen (secondary N) is 2. The summed E-state index contributed by atoms with van der Waals surface area (Å²) < 4.78 is 33.9. The predicted molar refractivity (Wildman–Crippen MR) is 127 cm³/mol. The molecule has 1 heterocycles. The molecule has 2 amide bonds. The number of carbonyl (C=O) groups is 2. The fourth-order valence-electron chi connectivity index (χ4n) is 4.02. The fourth-order valence-corrected chi connectivity index (χ4v) is 5.42. The van der Waals surface area contributed by atoms with Crippen LogP contribution in [-0.4, -0.2) is 39.4 Å². The van der Waals surface area contributed by atoms with Crippen LogP contribution in [0.4, 0.5) is 5.69 Å². The number of hydrogen-bond acceptors (Lipinski definition) is 5. The molecule has 0 bridgehead atoms. The summed E-state index contributed by atoms with van der Waals surface area (Å²) in [6.45, 7) is 7.27. The summed E-state index contributed by atoms with van der Waals surface area (Å²) in [5, 5.41) is 2.81. The molecule has 2 N–H and O–H groups in total. The number of nitrogens with zero attached hydrogens (tertiary/aromatic N) is 1. The summed E-state index contributed by atoms with van der Waals surface area (Å²) in [5.41, 5.74) is 2.40. The highest BCUT2D eigenvalue weighted by molar-refractivity contribution is 7.89. The third kappa shape index (κ3) is 5.54. The third-order valence-corrected chi connectivity index (χ3v) is 7.21. The maximum Gasteiger partial charge on any atom is 0.241 e. The Kier molecular flexibility index (Phi) is 7.44. The van der Waals surface area contributed by atoms with Crippen molar-refractivity contribution in [1.82, 2.24) is 10.0 Å². The van der Waals surface area contributed by atoms with Crippen molar-refractivity contribution in [3.05, 3.63) is 53.6 Å². The summed E-state index contributed by atoms with van der Waals surface area (Å²) in [6, 6.07) is 11.0.